The highest BCUT2D eigenvalue weighted by molar-refractivity contribution is 7.99. The van der Waals surface area contributed by atoms with Gasteiger partial charge in [0.1, 0.15) is 11.6 Å². The highest BCUT2D eigenvalue weighted by Crippen LogP contribution is 2.19. The number of thioether (sulfide) groups is 1. The van der Waals surface area contributed by atoms with Gasteiger partial charge in [-0.2, -0.15) is 11.8 Å². The molecule has 0 radical (unpaired) electrons. The first-order chi connectivity index (χ1) is 9.85. The first kappa shape index (κ1) is 13.8. The Balaban J connectivity index is 1.57. The Bertz CT molecular complexity index is 563. The minimum atomic E-state index is 0.679. The van der Waals surface area contributed by atoms with E-state index in [2.05, 4.69) is 27.0 Å². The summed E-state index contributed by atoms with van der Waals surface area (Å²) in [7, 11) is 1.69. The van der Waals surface area contributed by atoms with Crippen molar-refractivity contribution in [1.29, 1.82) is 0 Å². The molecule has 108 valence electrons. The number of H-pyrrole nitrogens is 1. The third kappa shape index (κ3) is 3.27. The lowest BCUT2D eigenvalue weighted by atomic mass is 10.2. The van der Waals surface area contributed by atoms with E-state index in [4.69, 9.17) is 4.74 Å². The molecule has 0 saturated carbocycles. The van der Waals surface area contributed by atoms with Crippen LogP contribution in [0.5, 0.6) is 5.75 Å². The molecule has 1 unspecified atom stereocenters. The summed E-state index contributed by atoms with van der Waals surface area (Å²) < 4.78 is 5.23. The molecule has 1 atom stereocenters. The fourth-order valence-electron chi connectivity index (χ4n) is 2.58. The van der Waals surface area contributed by atoms with Crippen molar-refractivity contribution in [2.75, 3.05) is 25.2 Å². The largest absolute Gasteiger partial charge is 0.497 e. The van der Waals surface area contributed by atoms with Crippen LogP contribution in [0.1, 0.15) is 18.7 Å². The van der Waals surface area contributed by atoms with E-state index >= 15 is 0 Å². The number of fused-ring (bicyclic) bond motifs is 1. The quantitative estimate of drug-likeness (QED) is 0.889. The van der Waals surface area contributed by atoms with Gasteiger partial charge < -0.3 is 15.0 Å². The third-order valence-electron chi connectivity index (χ3n) is 3.69. The van der Waals surface area contributed by atoms with Gasteiger partial charge in [0, 0.05) is 30.8 Å². The first-order valence-corrected chi connectivity index (χ1v) is 8.34. The van der Waals surface area contributed by atoms with E-state index in [9.17, 15) is 0 Å². The molecular weight excluding hydrogens is 270 g/mol. The van der Waals surface area contributed by atoms with E-state index in [1.807, 2.05) is 18.2 Å². The van der Waals surface area contributed by atoms with Crippen LogP contribution in [0.4, 0.5) is 0 Å². The minimum absolute atomic E-state index is 0.679. The lowest BCUT2D eigenvalue weighted by molar-refractivity contribution is 0.415. The van der Waals surface area contributed by atoms with Crippen molar-refractivity contribution in [3.05, 3.63) is 24.0 Å². The van der Waals surface area contributed by atoms with E-state index in [0.29, 0.717) is 6.04 Å². The van der Waals surface area contributed by atoms with Gasteiger partial charge >= 0.3 is 0 Å². The molecule has 0 aliphatic carbocycles. The standard InChI is InChI=1S/C15H21N3OS/c1-19-12-4-5-13-14(9-12)18-15(17-13)6-7-16-11-3-2-8-20-10-11/h4-5,9,11,16H,2-3,6-8,10H2,1H3,(H,17,18). The Kier molecular flexibility index (Phi) is 4.47. The fraction of sp³-hybridized carbons (Fsp3) is 0.533. The SMILES string of the molecule is COc1ccc2nc(CCNC3CCCSC3)[nH]c2c1. The molecular formula is C15H21N3OS. The zero-order valence-corrected chi connectivity index (χ0v) is 12.6. The first-order valence-electron chi connectivity index (χ1n) is 7.19. The van der Waals surface area contributed by atoms with Gasteiger partial charge in [0.2, 0.25) is 0 Å². The summed E-state index contributed by atoms with van der Waals surface area (Å²) in [5.74, 6) is 4.48. The van der Waals surface area contributed by atoms with Gasteiger partial charge in [0.05, 0.1) is 18.1 Å². The predicted molar refractivity (Wildman–Crippen MR) is 84.7 cm³/mol. The second-order valence-electron chi connectivity index (χ2n) is 5.18. The second kappa shape index (κ2) is 6.50. The number of hydrogen-bond donors (Lipinski definition) is 2. The molecule has 2 aromatic rings. The number of hydrogen-bond acceptors (Lipinski definition) is 4. The maximum Gasteiger partial charge on any atom is 0.121 e. The smallest absolute Gasteiger partial charge is 0.121 e. The molecule has 0 amide bonds. The Hall–Kier alpha value is -1.20. The number of methoxy groups -OCH3 is 1. The number of nitrogens with zero attached hydrogens (tertiary/aromatic N) is 1. The summed E-state index contributed by atoms with van der Waals surface area (Å²) >= 11 is 2.06. The maximum atomic E-state index is 5.23. The van der Waals surface area contributed by atoms with Gasteiger partial charge in [0.25, 0.3) is 0 Å². The van der Waals surface area contributed by atoms with Gasteiger partial charge in [-0.25, -0.2) is 4.98 Å². The summed E-state index contributed by atoms with van der Waals surface area (Å²) in [5.41, 5.74) is 2.06. The van der Waals surface area contributed by atoms with Crippen LogP contribution in [-0.4, -0.2) is 41.2 Å². The lowest BCUT2D eigenvalue weighted by Crippen LogP contribution is -2.35. The van der Waals surface area contributed by atoms with Crippen molar-refractivity contribution < 1.29 is 4.74 Å². The zero-order chi connectivity index (χ0) is 13.8. The second-order valence-corrected chi connectivity index (χ2v) is 6.33. The zero-order valence-electron chi connectivity index (χ0n) is 11.8. The number of aromatic nitrogens is 2. The molecule has 2 N–H and O–H groups in total. The Morgan fingerprint density at radius 1 is 1.50 bits per heavy atom. The van der Waals surface area contributed by atoms with Crippen molar-refractivity contribution in [2.24, 2.45) is 0 Å². The predicted octanol–water partition coefficient (Wildman–Crippen LogP) is 2.60. The summed E-state index contributed by atoms with van der Waals surface area (Å²) in [6, 6.07) is 6.62. The normalized spacial score (nSPS) is 19.4. The molecule has 1 aromatic heterocycles. The number of aromatic amines is 1. The summed E-state index contributed by atoms with van der Waals surface area (Å²) in [4.78, 5) is 7.99. The third-order valence-corrected chi connectivity index (χ3v) is 4.91. The van der Waals surface area contributed by atoms with Crippen molar-refractivity contribution >= 4 is 22.8 Å². The number of ether oxygens (including phenoxy) is 1. The molecule has 4 nitrogen and oxygen atoms in total. The molecule has 1 aliphatic rings. The number of imidazole rings is 1. The van der Waals surface area contributed by atoms with Crippen molar-refractivity contribution in [3.8, 4) is 5.75 Å². The van der Waals surface area contributed by atoms with Crippen LogP contribution in [0.3, 0.4) is 0 Å². The monoisotopic (exact) mass is 291 g/mol. The molecule has 1 saturated heterocycles. The summed E-state index contributed by atoms with van der Waals surface area (Å²) in [6.07, 6.45) is 3.59. The average molecular weight is 291 g/mol. The van der Waals surface area contributed by atoms with E-state index in [0.717, 1.165) is 35.6 Å². The van der Waals surface area contributed by atoms with Crippen LogP contribution in [-0.2, 0) is 6.42 Å². The van der Waals surface area contributed by atoms with E-state index in [1.165, 1.54) is 24.3 Å². The van der Waals surface area contributed by atoms with Gasteiger partial charge in [-0.3, -0.25) is 0 Å². The number of benzene rings is 1. The Labute approximate surface area is 123 Å². The molecule has 1 fully saturated rings. The maximum absolute atomic E-state index is 5.23. The molecule has 0 spiro atoms. The Morgan fingerprint density at radius 3 is 3.25 bits per heavy atom. The van der Waals surface area contributed by atoms with Gasteiger partial charge in [0.15, 0.2) is 0 Å². The van der Waals surface area contributed by atoms with Gasteiger partial charge in [-0.15, -0.1) is 0 Å². The van der Waals surface area contributed by atoms with Crippen LogP contribution >= 0.6 is 11.8 Å². The van der Waals surface area contributed by atoms with Crippen LogP contribution in [0.25, 0.3) is 11.0 Å². The van der Waals surface area contributed by atoms with Crippen LogP contribution in [0.2, 0.25) is 0 Å². The van der Waals surface area contributed by atoms with E-state index < -0.39 is 0 Å². The fourth-order valence-corrected chi connectivity index (χ4v) is 3.69. The molecule has 5 heteroatoms. The molecule has 20 heavy (non-hydrogen) atoms. The molecule has 3 rings (SSSR count). The molecule has 1 aromatic carbocycles. The summed E-state index contributed by atoms with van der Waals surface area (Å²) in [5, 5.41) is 3.63. The highest BCUT2D eigenvalue weighted by atomic mass is 32.2. The van der Waals surface area contributed by atoms with Gasteiger partial charge in [-0.05, 0) is 30.7 Å². The van der Waals surface area contributed by atoms with Crippen molar-refractivity contribution in [3.63, 3.8) is 0 Å². The van der Waals surface area contributed by atoms with Crippen LogP contribution in [0, 0.1) is 0 Å². The van der Waals surface area contributed by atoms with Crippen LogP contribution < -0.4 is 10.1 Å². The van der Waals surface area contributed by atoms with E-state index in [-0.39, 0.29) is 0 Å². The van der Waals surface area contributed by atoms with Crippen molar-refractivity contribution in [1.82, 2.24) is 15.3 Å². The number of nitrogens with one attached hydrogen (secondary N) is 2. The lowest BCUT2D eigenvalue weighted by Gasteiger charge is -2.22. The van der Waals surface area contributed by atoms with Crippen LogP contribution in [0.15, 0.2) is 18.2 Å². The molecule has 0 bridgehead atoms. The van der Waals surface area contributed by atoms with Crippen molar-refractivity contribution in [2.45, 2.75) is 25.3 Å². The van der Waals surface area contributed by atoms with E-state index in [1.54, 1.807) is 7.11 Å². The summed E-state index contributed by atoms with van der Waals surface area (Å²) in [6.45, 7) is 0.988. The Morgan fingerprint density at radius 2 is 2.45 bits per heavy atom. The minimum Gasteiger partial charge on any atom is -0.497 e. The molecule has 1 aliphatic heterocycles. The van der Waals surface area contributed by atoms with Gasteiger partial charge in [-0.1, -0.05) is 0 Å². The molecule has 2 heterocycles. The topological polar surface area (TPSA) is 49.9 Å². The number of rotatable bonds is 5. The average Bonchev–Trinajstić information content (AvgIpc) is 2.90. The highest BCUT2D eigenvalue weighted by Gasteiger charge is 2.12.